The Morgan fingerprint density at radius 2 is 1.80 bits per heavy atom. The van der Waals surface area contributed by atoms with Crippen LogP contribution >= 0.6 is 23.4 Å². The Balaban J connectivity index is 1.46. The van der Waals surface area contributed by atoms with E-state index in [0.717, 1.165) is 18.6 Å². The van der Waals surface area contributed by atoms with Gasteiger partial charge in [0.05, 0.1) is 6.20 Å². The maximum Gasteiger partial charge on any atom is 0.272 e. The number of carbonyl (C=O) groups is 1. The van der Waals surface area contributed by atoms with E-state index in [0.29, 0.717) is 34.6 Å². The molecule has 1 aliphatic rings. The fraction of sp³-hybridized carbons (Fsp3) is 0.273. The van der Waals surface area contributed by atoms with Crippen LogP contribution in [0.15, 0.2) is 59.9 Å². The quantitative estimate of drug-likeness (QED) is 0.514. The monoisotopic (exact) mass is 445 g/mol. The summed E-state index contributed by atoms with van der Waals surface area (Å²) < 4.78 is 21.1. The van der Waals surface area contributed by atoms with Crippen LogP contribution in [0.4, 0.5) is 4.39 Å². The van der Waals surface area contributed by atoms with E-state index >= 15 is 0 Å². The Morgan fingerprint density at radius 1 is 1.13 bits per heavy atom. The molecule has 0 bridgehead atoms. The molecule has 1 amide bonds. The van der Waals surface area contributed by atoms with Crippen molar-refractivity contribution in [1.29, 1.82) is 0 Å². The number of hydrogen-bond donors (Lipinski definition) is 0. The lowest BCUT2D eigenvalue weighted by molar-refractivity contribution is 0.0587. The first-order chi connectivity index (χ1) is 14.5. The number of thioether (sulfide) groups is 1. The summed E-state index contributed by atoms with van der Waals surface area (Å²) in [5.74, 6) is 0.375. The van der Waals surface area contributed by atoms with Crippen LogP contribution in [0, 0.1) is 5.82 Å². The average Bonchev–Trinajstić information content (AvgIpc) is 3.20. The van der Waals surface area contributed by atoms with Gasteiger partial charge < -0.3 is 9.64 Å². The molecule has 0 saturated carbocycles. The van der Waals surface area contributed by atoms with Gasteiger partial charge in [-0.2, -0.15) is 0 Å². The lowest BCUT2D eigenvalue weighted by Gasteiger charge is -2.32. The van der Waals surface area contributed by atoms with Gasteiger partial charge in [0.15, 0.2) is 5.16 Å². The summed E-state index contributed by atoms with van der Waals surface area (Å²) in [6.45, 7) is 1.20. The minimum atomic E-state index is -0.319. The second kappa shape index (κ2) is 9.10. The molecule has 5 nitrogen and oxygen atoms in total. The van der Waals surface area contributed by atoms with E-state index in [2.05, 4.69) is 4.98 Å². The zero-order valence-corrected chi connectivity index (χ0v) is 18.0. The molecule has 156 valence electrons. The Bertz CT molecular complexity index is 1020. The van der Waals surface area contributed by atoms with Crippen molar-refractivity contribution in [2.75, 3.05) is 19.3 Å². The Kier molecular flexibility index (Phi) is 6.29. The van der Waals surface area contributed by atoms with Crippen molar-refractivity contribution in [3.8, 4) is 11.4 Å². The van der Waals surface area contributed by atoms with Gasteiger partial charge in [0.1, 0.15) is 23.4 Å². The average molecular weight is 446 g/mol. The van der Waals surface area contributed by atoms with Crippen molar-refractivity contribution in [3.63, 3.8) is 0 Å². The van der Waals surface area contributed by atoms with E-state index in [1.807, 2.05) is 23.3 Å². The number of ether oxygens (including phenoxy) is 1. The molecule has 1 saturated heterocycles. The summed E-state index contributed by atoms with van der Waals surface area (Å²) >= 11 is 7.36. The van der Waals surface area contributed by atoms with Crippen LogP contribution in [0.3, 0.4) is 0 Å². The van der Waals surface area contributed by atoms with Crippen LogP contribution in [-0.4, -0.2) is 45.8 Å². The summed E-state index contributed by atoms with van der Waals surface area (Å²) in [6.07, 6.45) is 5.03. The number of amides is 1. The summed E-state index contributed by atoms with van der Waals surface area (Å²) in [7, 11) is 0. The molecule has 0 radical (unpaired) electrons. The van der Waals surface area contributed by atoms with Crippen LogP contribution < -0.4 is 4.74 Å². The number of benzene rings is 2. The van der Waals surface area contributed by atoms with Crippen molar-refractivity contribution >= 4 is 29.3 Å². The predicted molar refractivity (Wildman–Crippen MR) is 116 cm³/mol. The molecule has 2 aromatic carbocycles. The van der Waals surface area contributed by atoms with Crippen LogP contribution in [0.2, 0.25) is 5.02 Å². The van der Waals surface area contributed by atoms with Crippen molar-refractivity contribution in [2.45, 2.75) is 24.1 Å². The predicted octanol–water partition coefficient (Wildman–Crippen LogP) is 5.07. The highest BCUT2D eigenvalue weighted by molar-refractivity contribution is 7.98. The van der Waals surface area contributed by atoms with Crippen molar-refractivity contribution in [3.05, 3.63) is 71.3 Å². The fourth-order valence-electron chi connectivity index (χ4n) is 3.51. The van der Waals surface area contributed by atoms with E-state index in [1.165, 1.54) is 23.9 Å². The van der Waals surface area contributed by atoms with Gasteiger partial charge in [-0.1, -0.05) is 23.4 Å². The van der Waals surface area contributed by atoms with E-state index in [9.17, 15) is 9.18 Å². The molecule has 30 heavy (non-hydrogen) atoms. The molecule has 1 aliphatic heterocycles. The third kappa shape index (κ3) is 4.47. The standard InChI is InChI=1S/C22H21ClFN3O2S/c1-30-22-25-14-20(27(22)17-6-4-16(24)5-7-17)21(28)26-12-10-19(11-13-26)29-18-8-2-15(23)3-9-18/h2-9,14,19H,10-13H2,1H3. The first-order valence-corrected chi connectivity index (χ1v) is 11.2. The summed E-state index contributed by atoms with van der Waals surface area (Å²) in [5.41, 5.74) is 1.19. The molecule has 8 heteroatoms. The summed E-state index contributed by atoms with van der Waals surface area (Å²) in [5, 5.41) is 1.36. The van der Waals surface area contributed by atoms with E-state index in [1.54, 1.807) is 35.0 Å². The molecule has 1 fully saturated rings. The SMILES string of the molecule is CSc1ncc(C(=O)N2CCC(Oc3ccc(Cl)cc3)CC2)n1-c1ccc(F)cc1. The number of rotatable bonds is 5. The fourth-order valence-corrected chi connectivity index (χ4v) is 4.18. The van der Waals surface area contributed by atoms with Crippen molar-refractivity contribution in [2.24, 2.45) is 0 Å². The molecular formula is C22H21ClFN3O2S. The van der Waals surface area contributed by atoms with E-state index < -0.39 is 0 Å². The smallest absolute Gasteiger partial charge is 0.272 e. The van der Waals surface area contributed by atoms with Gasteiger partial charge >= 0.3 is 0 Å². The molecular weight excluding hydrogens is 425 g/mol. The van der Waals surface area contributed by atoms with Gasteiger partial charge in [0, 0.05) is 36.6 Å². The van der Waals surface area contributed by atoms with Crippen molar-refractivity contribution in [1.82, 2.24) is 14.5 Å². The van der Waals surface area contributed by atoms with Gasteiger partial charge in [0.2, 0.25) is 0 Å². The maximum absolute atomic E-state index is 13.3. The first kappa shape index (κ1) is 20.8. The Labute approximate surface area is 183 Å². The zero-order valence-electron chi connectivity index (χ0n) is 16.4. The third-order valence-corrected chi connectivity index (χ3v) is 5.97. The molecule has 2 heterocycles. The van der Waals surface area contributed by atoms with Crippen LogP contribution in [0.5, 0.6) is 5.75 Å². The number of nitrogens with zero attached hydrogens (tertiary/aromatic N) is 3. The minimum absolute atomic E-state index is 0.0546. The van der Waals surface area contributed by atoms with Gasteiger partial charge in [0.25, 0.3) is 5.91 Å². The molecule has 3 aromatic rings. The zero-order chi connectivity index (χ0) is 21.1. The van der Waals surface area contributed by atoms with Crippen molar-refractivity contribution < 1.29 is 13.9 Å². The first-order valence-electron chi connectivity index (χ1n) is 9.64. The van der Waals surface area contributed by atoms with Crippen LogP contribution in [0.1, 0.15) is 23.3 Å². The van der Waals surface area contributed by atoms with Crippen LogP contribution in [-0.2, 0) is 0 Å². The molecule has 0 atom stereocenters. The highest BCUT2D eigenvalue weighted by Crippen LogP contribution is 2.25. The lowest BCUT2D eigenvalue weighted by atomic mass is 10.1. The van der Waals surface area contributed by atoms with Gasteiger partial charge in [-0.25, -0.2) is 9.37 Å². The van der Waals surface area contributed by atoms with Gasteiger partial charge in [-0.05, 0) is 54.8 Å². The highest BCUT2D eigenvalue weighted by Gasteiger charge is 2.28. The van der Waals surface area contributed by atoms with Gasteiger partial charge in [-0.3, -0.25) is 9.36 Å². The maximum atomic E-state index is 13.3. The number of carbonyl (C=O) groups excluding carboxylic acids is 1. The minimum Gasteiger partial charge on any atom is -0.490 e. The number of halogens is 2. The summed E-state index contributed by atoms with van der Waals surface area (Å²) in [4.78, 5) is 19.4. The largest absolute Gasteiger partial charge is 0.490 e. The Morgan fingerprint density at radius 3 is 2.43 bits per heavy atom. The molecule has 4 rings (SSSR count). The van der Waals surface area contributed by atoms with E-state index in [-0.39, 0.29) is 17.8 Å². The van der Waals surface area contributed by atoms with Gasteiger partial charge in [-0.15, -0.1) is 0 Å². The molecule has 0 spiro atoms. The molecule has 0 N–H and O–H groups in total. The highest BCUT2D eigenvalue weighted by atomic mass is 35.5. The molecule has 0 unspecified atom stereocenters. The molecule has 1 aromatic heterocycles. The third-order valence-electron chi connectivity index (χ3n) is 5.06. The normalized spacial score (nSPS) is 14.7. The number of aromatic nitrogens is 2. The Hall–Kier alpha value is -2.51. The summed E-state index contributed by atoms with van der Waals surface area (Å²) in [6, 6.07) is 13.4. The van der Waals surface area contributed by atoms with Crippen LogP contribution in [0.25, 0.3) is 5.69 Å². The second-order valence-electron chi connectivity index (χ2n) is 7.01. The second-order valence-corrected chi connectivity index (χ2v) is 8.22. The molecule has 0 aliphatic carbocycles. The number of likely N-dealkylation sites (tertiary alicyclic amines) is 1. The van der Waals surface area contributed by atoms with E-state index in [4.69, 9.17) is 16.3 Å². The topological polar surface area (TPSA) is 47.4 Å². The lowest BCUT2D eigenvalue weighted by Crippen LogP contribution is -2.42. The number of hydrogen-bond acceptors (Lipinski definition) is 4. The number of piperidine rings is 1. The number of imidazole rings is 1.